The topological polar surface area (TPSA) is 24.5 Å². The molecule has 3 heteroatoms. The summed E-state index contributed by atoms with van der Waals surface area (Å²) in [5.41, 5.74) is 2.76. The van der Waals surface area contributed by atoms with E-state index in [1.807, 2.05) is 7.05 Å². The lowest BCUT2D eigenvalue weighted by Gasteiger charge is -2.23. The molecule has 106 valence electrons. The molecular weight excluding hydrogens is 236 g/mol. The van der Waals surface area contributed by atoms with Crippen molar-refractivity contribution in [3.63, 3.8) is 0 Å². The summed E-state index contributed by atoms with van der Waals surface area (Å²) >= 11 is 0. The van der Waals surface area contributed by atoms with Crippen LogP contribution in [0.2, 0.25) is 0 Å². The molecule has 1 heterocycles. The highest BCUT2D eigenvalue weighted by Gasteiger charge is 2.13. The second-order valence-electron chi connectivity index (χ2n) is 5.57. The quantitative estimate of drug-likeness (QED) is 0.816. The van der Waals surface area contributed by atoms with Gasteiger partial charge in [0.2, 0.25) is 0 Å². The van der Waals surface area contributed by atoms with E-state index in [4.69, 9.17) is 4.74 Å². The van der Waals surface area contributed by atoms with Gasteiger partial charge in [0.25, 0.3) is 0 Å². The zero-order valence-corrected chi connectivity index (χ0v) is 12.4. The Kier molecular flexibility index (Phi) is 5.23. The zero-order chi connectivity index (χ0) is 13.7. The van der Waals surface area contributed by atoms with E-state index < -0.39 is 0 Å². The van der Waals surface area contributed by atoms with Gasteiger partial charge in [-0.25, -0.2) is 0 Å². The number of fused-ring (bicyclic) bond motifs is 1. The van der Waals surface area contributed by atoms with Gasteiger partial charge in [0.15, 0.2) is 0 Å². The van der Waals surface area contributed by atoms with Crippen molar-refractivity contribution in [2.75, 3.05) is 33.8 Å². The Morgan fingerprint density at radius 2 is 2.26 bits per heavy atom. The molecule has 3 nitrogen and oxygen atoms in total. The Morgan fingerprint density at radius 3 is 3.00 bits per heavy atom. The smallest absolute Gasteiger partial charge is 0.122 e. The van der Waals surface area contributed by atoms with Gasteiger partial charge >= 0.3 is 0 Å². The number of rotatable bonds is 7. The summed E-state index contributed by atoms with van der Waals surface area (Å²) in [6.45, 7) is 6.37. The highest BCUT2D eigenvalue weighted by atomic mass is 16.5. The molecule has 1 atom stereocenters. The van der Waals surface area contributed by atoms with Gasteiger partial charge in [0.1, 0.15) is 5.75 Å². The van der Waals surface area contributed by atoms with Gasteiger partial charge < -0.3 is 15.0 Å². The fourth-order valence-corrected chi connectivity index (χ4v) is 2.78. The molecule has 1 N–H and O–H groups in total. The maximum Gasteiger partial charge on any atom is 0.122 e. The van der Waals surface area contributed by atoms with E-state index in [0.29, 0.717) is 0 Å². The summed E-state index contributed by atoms with van der Waals surface area (Å²) in [7, 11) is 4.24. The molecule has 0 fully saturated rings. The summed E-state index contributed by atoms with van der Waals surface area (Å²) in [4.78, 5) is 2.42. The average Bonchev–Trinajstić information content (AvgIpc) is 2.85. The average molecular weight is 262 g/mol. The van der Waals surface area contributed by atoms with Crippen LogP contribution in [-0.4, -0.2) is 38.7 Å². The van der Waals surface area contributed by atoms with Gasteiger partial charge in [-0.1, -0.05) is 25.5 Å². The molecule has 1 aliphatic rings. The summed E-state index contributed by atoms with van der Waals surface area (Å²) in [6.07, 6.45) is 2.29. The Morgan fingerprint density at radius 1 is 1.42 bits per heavy atom. The van der Waals surface area contributed by atoms with E-state index in [1.54, 1.807) is 0 Å². The van der Waals surface area contributed by atoms with Crippen LogP contribution in [0.3, 0.4) is 0 Å². The molecule has 0 bridgehead atoms. The van der Waals surface area contributed by atoms with Crippen LogP contribution in [0.4, 0.5) is 0 Å². The summed E-state index contributed by atoms with van der Waals surface area (Å²) < 4.78 is 5.55. The number of hydrogen-bond acceptors (Lipinski definition) is 3. The number of nitrogens with zero attached hydrogens (tertiary/aromatic N) is 1. The second-order valence-corrected chi connectivity index (χ2v) is 5.57. The largest absolute Gasteiger partial charge is 0.493 e. The molecule has 0 aliphatic carbocycles. The lowest BCUT2D eigenvalue weighted by Crippen LogP contribution is -2.30. The fourth-order valence-electron chi connectivity index (χ4n) is 2.78. The first-order valence-electron chi connectivity index (χ1n) is 7.30. The van der Waals surface area contributed by atoms with Crippen molar-refractivity contribution in [1.82, 2.24) is 10.2 Å². The second kappa shape index (κ2) is 6.92. The van der Waals surface area contributed by atoms with E-state index in [0.717, 1.165) is 44.3 Å². The van der Waals surface area contributed by atoms with Crippen LogP contribution in [0.1, 0.15) is 24.5 Å². The van der Waals surface area contributed by atoms with Crippen LogP contribution in [0.5, 0.6) is 5.75 Å². The maximum atomic E-state index is 5.55. The van der Waals surface area contributed by atoms with Crippen LogP contribution >= 0.6 is 0 Å². The minimum atomic E-state index is 0.729. The van der Waals surface area contributed by atoms with Crippen LogP contribution in [0.15, 0.2) is 18.2 Å². The molecule has 0 amide bonds. The Bertz CT molecular complexity index is 406. The van der Waals surface area contributed by atoms with Crippen molar-refractivity contribution in [3.8, 4) is 5.75 Å². The van der Waals surface area contributed by atoms with Gasteiger partial charge in [0.05, 0.1) is 6.61 Å². The van der Waals surface area contributed by atoms with E-state index in [1.165, 1.54) is 17.5 Å². The predicted octanol–water partition coefficient (Wildman–Crippen LogP) is 2.30. The molecular formula is C16H26N2O. The maximum absolute atomic E-state index is 5.55. The molecule has 19 heavy (non-hydrogen) atoms. The fraction of sp³-hybridized carbons (Fsp3) is 0.625. The van der Waals surface area contributed by atoms with Gasteiger partial charge in [-0.3, -0.25) is 0 Å². The summed E-state index contributed by atoms with van der Waals surface area (Å²) in [5, 5.41) is 3.28. The summed E-state index contributed by atoms with van der Waals surface area (Å²) in [6, 6.07) is 6.62. The lowest BCUT2D eigenvalue weighted by molar-refractivity contribution is 0.261. The van der Waals surface area contributed by atoms with E-state index in [-0.39, 0.29) is 0 Å². The highest BCUT2D eigenvalue weighted by molar-refractivity contribution is 5.39. The third-order valence-corrected chi connectivity index (χ3v) is 3.85. The van der Waals surface area contributed by atoms with Crippen molar-refractivity contribution in [2.24, 2.45) is 5.92 Å². The minimum Gasteiger partial charge on any atom is -0.493 e. The minimum absolute atomic E-state index is 0.729. The lowest BCUT2D eigenvalue weighted by atomic mass is 10.1. The third-order valence-electron chi connectivity index (χ3n) is 3.85. The SMILES string of the molecule is CCC(CNC)CN(C)Cc1ccc2c(c1)CCO2. The molecule has 2 rings (SSSR count). The number of benzene rings is 1. The highest BCUT2D eigenvalue weighted by Crippen LogP contribution is 2.26. The van der Waals surface area contributed by atoms with Crippen molar-refractivity contribution in [3.05, 3.63) is 29.3 Å². The van der Waals surface area contributed by atoms with Gasteiger partial charge in [0, 0.05) is 19.5 Å². The number of hydrogen-bond donors (Lipinski definition) is 1. The molecule has 0 spiro atoms. The Hall–Kier alpha value is -1.06. The van der Waals surface area contributed by atoms with Crippen LogP contribution < -0.4 is 10.1 Å². The van der Waals surface area contributed by atoms with E-state index >= 15 is 0 Å². The van der Waals surface area contributed by atoms with E-state index in [2.05, 4.69) is 42.4 Å². The van der Waals surface area contributed by atoms with Crippen LogP contribution in [0.25, 0.3) is 0 Å². The zero-order valence-electron chi connectivity index (χ0n) is 12.4. The van der Waals surface area contributed by atoms with Gasteiger partial charge in [-0.2, -0.15) is 0 Å². The van der Waals surface area contributed by atoms with Crippen molar-refractivity contribution < 1.29 is 4.74 Å². The first-order chi connectivity index (χ1) is 9.22. The molecule has 0 aromatic heterocycles. The number of nitrogens with one attached hydrogen (secondary N) is 1. The van der Waals surface area contributed by atoms with Gasteiger partial charge in [-0.15, -0.1) is 0 Å². The Balaban J connectivity index is 1.89. The predicted molar refractivity (Wildman–Crippen MR) is 79.7 cm³/mol. The van der Waals surface area contributed by atoms with Crippen molar-refractivity contribution in [2.45, 2.75) is 26.3 Å². The van der Waals surface area contributed by atoms with Gasteiger partial charge in [-0.05, 0) is 43.8 Å². The molecule has 1 aliphatic heterocycles. The molecule has 1 aromatic rings. The number of ether oxygens (including phenoxy) is 1. The molecule has 0 radical (unpaired) electrons. The monoisotopic (exact) mass is 262 g/mol. The van der Waals surface area contributed by atoms with Crippen molar-refractivity contribution in [1.29, 1.82) is 0 Å². The molecule has 0 saturated carbocycles. The molecule has 0 saturated heterocycles. The first-order valence-corrected chi connectivity index (χ1v) is 7.30. The third kappa shape index (κ3) is 3.95. The van der Waals surface area contributed by atoms with E-state index in [9.17, 15) is 0 Å². The normalized spacial score (nSPS) is 15.4. The summed E-state index contributed by atoms with van der Waals surface area (Å²) in [5.74, 6) is 1.81. The standard InChI is InChI=1S/C16H26N2O/c1-4-13(10-17-2)11-18(3)12-14-5-6-16-15(9-14)7-8-19-16/h5-6,9,13,17H,4,7-8,10-12H2,1-3H3. The van der Waals surface area contributed by atoms with Crippen LogP contribution in [-0.2, 0) is 13.0 Å². The first kappa shape index (κ1) is 14.4. The van der Waals surface area contributed by atoms with Crippen LogP contribution in [0, 0.1) is 5.92 Å². The molecule has 1 unspecified atom stereocenters. The van der Waals surface area contributed by atoms with Crippen molar-refractivity contribution >= 4 is 0 Å². The molecule has 1 aromatic carbocycles. The Labute approximate surface area is 116 Å².